The van der Waals surface area contributed by atoms with Crippen LogP contribution in [0.25, 0.3) is 0 Å². The largest absolute Gasteiger partial charge is 0.300 e. The number of aromatic nitrogens is 2. The van der Waals surface area contributed by atoms with Crippen LogP contribution in [0.2, 0.25) is 0 Å². The number of hydrogen-bond donors (Lipinski definition) is 1. The summed E-state index contributed by atoms with van der Waals surface area (Å²) in [5.74, 6) is -0.0210. The van der Waals surface area contributed by atoms with Crippen molar-refractivity contribution in [2.75, 3.05) is 12.0 Å². The third kappa shape index (κ3) is 3.06. The second kappa shape index (κ2) is 3.37. The average molecular weight is 204 g/mol. The standard InChI is InChI=1S/C7H12N2O3S/c1-6-5-7(10)9(8-6)3-4-13(2,11)12/h5,8H,3-4H2,1-2H3. The molecule has 74 valence electrons. The van der Waals surface area contributed by atoms with E-state index in [1.54, 1.807) is 6.92 Å². The summed E-state index contributed by atoms with van der Waals surface area (Å²) in [5, 5.41) is 2.76. The van der Waals surface area contributed by atoms with Crippen LogP contribution in [0.15, 0.2) is 10.9 Å². The van der Waals surface area contributed by atoms with Gasteiger partial charge in [0.2, 0.25) is 0 Å². The Morgan fingerprint density at radius 3 is 2.54 bits per heavy atom. The second-order valence-corrected chi connectivity index (χ2v) is 5.32. The van der Waals surface area contributed by atoms with Crippen LogP contribution in [0, 0.1) is 6.92 Å². The molecule has 6 heteroatoms. The van der Waals surface area contributed by atoms with E-state index in [9.17, 15) is 13.2 Å². The molecule has 13 heavy (non-hydrogen) atoms. The highest BCUT2D eigenvalue weighted by Crippen LogP contribution is 1.88. The molecule has 0 unspecified atom stereocenters. The molecule has 0 amide bonds. The molecular formula is C7H12N2O3S. The van der Waals surface area contributed by atoms with E-state index in [2.05, 4.69) is 5.10 Å². The number of nitrogens with one attached hydrogen (secondary N) is 1. The number of H-pyrrole nitrogens is 1. The zero-order chi connectivity index (χ0) is 10.1. The molecule has 1 aromatic rings. The third-order valence-corrected chi connectivity index (χ3v) is 2.53. The summed E-state index contributed by atoms with van der Waals surface area (Å²) in [5.41, 5.74) is 0.541. The monoisotopic (exact) mass is 204 g/mol. The molecule has 0 atom stereocenters. The summed E-state index contributed by atoms with van der Waals surface area (Å²) in [6, 6.07) is 1.43. The lowest BCUT2D eigenvalue weighted by molar-refractivity contribution is 0.580. The summed E-state index contributed by atoms with van der Waals surface area (Å²) in [4.78, 5) is 11.1. The number of aromatic amines is 1. The van der Waals surface area contributed by atoms with Gasteiger partial charge in [-0.1, -0.05) is 0 Å². The van der Waals surface area contributed by atoms with Gasteiger partial charge in [-0.2, -0.15) is 0 Å². The first-order valence-electron chi connectivity index (χ1n) is 3.83. The topological polar surface area (TPSA) is 71.9 Å². The van der Waals surface area contributed by atoms with Crippen LogP contribution in [-0.2, 0) is 16.4 Å². The molecule has 5 nitrogen and oxygen atoms in total. The van der Waals surface area contributed by atoms with E-state index < -0.39 is 9.84 Å². The first-order chi connectivity index (χ1) is 5.88. The van der Waals surface area contributed by atoms with E-state index in [0.717, 1.165) is 11.9 Å². The maximum Gasteiger partial charge on any atom is 0.266 e. The lowest BCUT2D eigenvalue weighted by Gasteiger charge is -1.99. The SMILES string of the molecule is Cc1cc(=O)n(CCS(C)(=O)=O)[nH]1. The smallest absolute Gasteiger partial charge is 0.266 e. The maximum atomic E-state index is 11.1. The van der Waals surface area contributed by atoms with E-state index in [1.807, 2.05) is 0 Å². The molecule has 0 aliphatic heterocycles. The Labute approximate surface area is 76.3 Å². The average Bonchev–Trinajstić information content (AvgIpc) is 2.24. The Morgan fingerprint density at radius 2 is 2.15 bits per heavy atom. The molecule has 0 bridgehead atoms. The van der Waals surface area contributed by atoms with Crippen LogP contribution in [0.1, 0.15) is 5.69 Å². The quantitative estimate of drug-likeness (QED) is 0.723. The van der Waals surface area contributed by atoms with Gasteiger partial charge in [0, 0.05) is 18.0 Å². The minimum Gasteiger partial charge on any atom is -0.300 e. The van der Waals surface area contributed by atoms with Crippen molar-refractivity contribution in [1.82, 2.24) is 9.78 Å². The lowest BCUT2D eigenvalue weighted by Crippen LogP contribution is -2.21. The van der Waals surface area contributed by atoms with Gasteiger partial charge in [0.1, 0.15) is 9.84 Å². The number of hydrogen-bond acceptors (Lipinski definition) is 3. The van der Waals surface area contributed by atoms with Crippen molar-refractivity contribution in [3.63, 3.8) is 0 Å². The van der Waals surface area contributed by atoms with Crippen LogP contribution in [0.4, 0.5) is 0 Å². The molecule has 1 heterocycles. The maximum absolute atomic E-state index is 11.1. The van der Waals surface area contributed by atoms with Crippen molar-refractivity contribution in [2.24, 2.45) is 0 Å². The fraction of sp³-hybridized carbons (Fsp3) is 0.571. The minimum absolute atomic E-state index is 0.0210. The molecule has 0 aliphatic rings. The Balaban J connectivity index is 2.76. The van der Waals surface area contributed by atoms with Gasteiger partial charge in [-0.3, -0.25) is 14.6 Å². The molecule has 0 saturated carbocycles. The van der Waals surface area contributed by atoms with E-state index in [-0.39, 0.29) is 17.9 Å². The van der Waals surface area contributed by atoms with Crippen molar-refractivity contribution < 1.29 is 8.42 Å². The summed E-state index contributed by atoms with van der Waals surface area (Å²) in [7, 11) is -3.01. The molecule has 0 radical (unpaired) electrons. The minimum atomic E-state index is -3.01. The van der Waals surface area contributed by atoms with Crippen molar-refractivity contribution >= 4 is 9.84 Å². The van der Waals surface area contributed by atoms with Crippen molar-refractivity contribution in [1.29, 1.82) is 0 Å². The van der Waals surface area contributed by atoms with Crippen molar-refractivity contribution in [2.45, 2.75) is 13.5 Å². The van der Waals surface area contributed by atoms with Gasteiger partial charge < -0.3 is 0 Å². The molecule has 0 aliphatic carbocycles. The first kappa shape index (κ1) is 10.0. The van der Waals surface area contributed by atoms with Gasteiger partial charge in [-0.05, 0) is 6.92 Å². The molecule has 1 rings (SSSR count). The molecule has 0 fully saturated rings. The van der Waals surface area contributed by atoms with Gasteiger partial charge in [-0.25, -0.2) is 8.42 Å². The normalized spacial score (nSPS) is 11.8. The highest BCUT2D eigenvalue weighted by molar-refractivity contribution is 7.90. The van der Waals surface area contributed by atoms with Gasteiger partial charge >= 0.3 is 0 Å². The predicted octanol–water partition coefficient (Wildman–Crippen LogP) is -0.471. The zero-order valence-electron chi connectivity index (χ0n) is 7.57. The van der Waals surface area contributed by atoms with Gasteiger partial charge in [-0.15, -0.1) is 0 Å². The van der Waals surface area contributed by atoms with Gasteiger partial charge in [0.25, 0.3) is 5.56 Å². The van der Waals surface area contributed by atoms with Gasteiger partial charge in [0.15, 0.2) is 0 Å². The van der Waals surface area contributed by atoms with Gasteiger partial charge in [0.05, 0.1) is 12.3 Å². The van der Waals surface area contributed by atoms with E-state index in [0.29, 0.717) is 0 Å². The number of sulfone groups is 1. The Morgan fingerprint density at radius 1 is 1.54 bits per heavy atom. The van der Waals surface area contributed by atoms with E-state index in [1.165, 1.54) is 10.7 Å². The van der Waals surface area contributed by atoms with Crippen LogP contribution >= 0.6 is 0 Å². The van der Waals surface area contributed by atoms with Crippen molar-refractivity contribution in [3.05, 3.63) is 22.1 Å². The molecule has 1 aromatic heterocycles. The second-order valence-electron chi connectivity index (χ2n) is 3.06. The fourth-order valence-electron chi connectivity index (χ4n) is 0.987. The fourth-order valence-corrected chi connectivity index (χ4v) is 1.50. The van der Waals surface area contributed by atoms with E-state index >= 15 is 0 Å². The van der Waals surface area contributed by atoms with E-state index in [4.69, 9.17) is 0 Å². The predicted molar refractivity (Wildman–Crippen MR) is 49.5 cm³/mol. The van der Waals surface area contributed by atoms with Crippen molar-refractivity contribution in [3.8, 4) is 0 Å². The molecule has 0 aromatic carbocycles. The number of aryl methyl sites for hydroxylation is 2. The summed E-state index contributed by atoms with van der Waals surface area (Å²) >= 11 is 0. The number of rotatable bonds is 3. The zero-order valence-corrected chi connectivity index (χ0v) is 8.39. The summed E-state index contributed by atoms with van der Waals surface area (Å²) in [6.07, 6.45) is 1.15. The molecule has 0 saturated heterocycles. The van der Waals surface area contributed by atoms with Crippen LogP contribution < -0.4 is 5.56 Å². The Hall–Kier alpha value is -1.04. The summed E-state index contributed by atoms with van der Waals surface area (Å²) in [6.45, 7) is 1.93. The summed E-state index contributed by atoms with van der Waals surface area (Å²) < 4.78 is 22.9. The Kier molecular flexibility index (Phi) is 2.60. The van der Waals surface area contributed by atoms with Crippen LogP contribution in [0.5, 0.6) is 0 Å². The molecule has 1 N–H and O–H groups in total. The highest BCUT2D eigenvalue weighted by Gasteiger charge is 2.04. The third-order valence-electron chi connectivity index (χ3n) is 1.60. The molecule has 0 spiro atoms. The lowest BCUT2D eigenvalue weighted by atomic mass is 10.5. The highest BCUT2D eigenvalue weighted by atomic mass is 32.2. The Bertz CT molecular complexity index is 441. The number of nitrogens with zero attached hydrogens (tertiary/aromatic N) is 1. The van der Waals surface area contributed by atoms with Crippen LogP contribution in [0.3, 0.4) is 0 Å². The van der Waals surface area contributed by atoms with Crippen LogP contribution in [-0.4, -0.2) is 30.2 Å². The molecular weight excluding hydrogens is 192 g/mol. The first-order valence-corrected chi connectivity index (χ1v) is 5.89.